The van der Waals surface area contributed by atoms with Crippen molar-refractivity contribution in [1.82, 2.24) is 5.32 Å². The number of aliphatic carboxylic acids is 1. The molecule has 0 unspecified atom stereocenters. The summed E-state index contributed by atoms with van der Waals surface area (Å²) in [6.45, 7) is 1.41. The van der Waals surface area contributed by atoms with Crippen LogP contribution in [0.3, 0.4) is 0 Å². The number of urea groups is 1. The third kappa shape index (κ3) is 5.31. The first-order chi connectivity index (χ1) is 9.79. The summed E-state index contributed by atoms with van der Waals surface area (Å²) in [6, 6.07) is 3.85. The van der Waals surface area contributed by atoms with E-state index in [4.69, 9.17) is 10.8 Å². The number of nitrogens with one attached hydrogen (secondary N) is 2. The molecule has 5 N–H and O–H groups in total. The topological polar surface area (TPSA) is 139 Å². The smallest absolute Gasteiger partial charge is 0.326 e. The van der Waals surface area contributed by atoms with Crippen molar-refractivity contribution in [2.45, 2.75) is 19.4 Å². The highest BCUT2D eigenvalue weighted by Gasteiger charge is 2.22. The van der Waals surface area contributed by atoms with Gasteiger partial charge in [0.2, 0.25) is 5.91 Å². The quantitative estimate of drug-likeness (QED) is 0.560. The van der Waals surface area contributed by atoms with Crippen LogP contribution in [0.5, 0.6) is 0 Å². The van der Waals surface area contributed by atoms with Crippen LogP contribution in [-0.2, 0) is 9.59 Å². The molecule has 21 heavy (non-hydrogen) atoms. The molecule has 8 nitrogen and oxygen atoms in total. The molecular formula is C13H15N3O5. The summed E-state index contributed by atoms with van der Waals surface area (Å²) in [5.74, 6) is -2.32. The molecule has 0 bridgehead atoms. The zero-order chi connectivity index (χ0) is 16.0. The summed E-state index contributed by atoms with van der Waals surface area (Å²) in [7, 11) is 0. The van der Waals surface area contributed by atoms with Crippen LogP contribution in [0.4, 0.5) is 10.5 Å². The zero-order valence-corrected chi connectivity index (χ0v) is 11.3. The second-order valence-electron chi connectivity index (χ2n) is 4.29. The molecule has 112 valence electrons. The molecule has 0 aliphatic rings. The van der Waals surface area contributed by atoms with E-state index in [9.17, 15) is 19.2 Å². The number of benzene rings is 1. The van der Waals surface area contributed by atoms with E-state index in [0.717, 1.165) is 0 Å². The number of nitrogens with two attached hydrogens (primary N) is 1. The van der Waals surface area contributed by atoms with Crippen molar-refractivity contribution >= 4 is 29.4 Å². The Morgan fingerprint density at radius 3 is 2.19 bits per heavy atom. The second kappa shape index (κ2) is 7.04. The van der Waals surface area contributed by atoms with Crippen molar-refractivity contribution in [3.8, 4) is 0 Å². The van der Waals surface area contributed by atoms with Gasteiger partial charge in [-0.1, -0.05) is 0 Å². The van der Waals surface area contributed by atoms with Gasteiger partial charge in [-0.25, -0.2) is 9.59 Å². The van der Waals surface area contributed by atoms with Crippen LogP contribution in [0.25, 0.3) is 0 Å². The van der Waals surface area contributed by atoms with Gasteiger partial charge in [-0.2, -0.15) is 0 Å². The Morgan fingerprint density at radius 2 is 1.76 bits per heavy atom. The molecule has 1 rings (SSSR count). The van der Waals surface area contributed by atoms with Gasteiger partial charge in [-0.15, -0.1) is 0 Å². The first-order valence-electron chi connectivity index (χ1n) is 5.99. The number of primary amides is 1. The minimum absolute atomic E-state index is 0.113. The fourth-order valence-electron chi connectivity index (χ4n) is 1.51. The van der Waals surface area contributed by atoms with Gasteiger partial charge < -0.3 is 21.5 Å². The molecule has 0 saturated carbocycles. The summed E-state index contributed by atoms with van der Waals surface area (Å²) in [5, 5.41) is 13.4. The van der Waals surface area contributed by atoms with E-state index in [-0.39, 0.29) is 5.78 Å². The average molecular weight is 293 g/mol. The molecule has 0 spiro atoms. The minimum atomic E-state index is -1.40. The normalized spacial score (nSPS) is 11.3. The number of carbonyl (C=O) groups excluding carboxylic acids is 3. The van der Waals surface area contributed by atoms with E-state index < -0.39 is 30.4 Å². The van der Waals surface area contributed by atoms with Crippen LogP contribution in [-0.4, -0.2) is 34.8 Å². The summed E-state index contributed by atoms with van der Waals surface area (Å²) in [6.07, 6.45) is -0.508. The van der Waals surface area contributed by atoms with E-state index in [1.165, 1.54) is 31.2 Å². The molecule has 0 radical (unpaired) electrons. The maximum Gasteiger partial charge on any atom is 0.326 e. The molecule has 0 aliphatic carbocycles. The average Bonchev–Trinajstić information content (AvgIpc) is 2.37. The highest BCUT2D eigenvalue weighted by molar-refractivity contribution is 5.96. The second-order valence-corrected chi connectivity index (χ2v) is 4.29. The first kappa shape index (κ1) is 16.2. The van der Waals surface area contributed by atoms with Crippen LogP contribution in [0.1, 0.15) is 23.7 Å². The highest BCUT2D eigenvalue weighted by atomic mass is 16.4. The molecule has 3 amide bonds. The van der Waals surface area contributed by atoms with Crippen molar-refractivity contribution in [2.75, 3.05) is 5.32 Å². The standard InChI is InChI=1S/C13H15N3O5/c1-7(17)8-2-4-9(5-3-8)15-13(21)16-10(12(19)20)6-11(14)18/h2-5,10H,6H2,1H3,(H2,14,18)(H,19,20)(H2,15,16,21)/t10-/m1/s1. The van der Waals surface area contributed by atoms with E-state index in [1.807, 2.05) is 0 Å². The Bertz CT molecular complexity index is 568. The van der Waals surface area contributed by atoms with E-state index in [1.54, 1.807) is 0 Å². The van der Waals surface area contributed by atoms with Crippen LogP contribution in [0.2, 0.25) is 0 Å². The molecule has 1 atom stereocenters. The largest absolute Gasteiger partial charge is 0.480 e. The Labute approximate surface area is 120 Å². The van der Waals surface area contributed by atoms with Crippen molar-refractivity contribution in [3.05, 3.63) is 29.8 Å². The van der Waals surface area contributed by atoms with Gasteiger partial charge in [0.1, 0.15) is 6.04 Å². The molecule has 8 heteroatoms. The fraction of sp³-hybridized carbons (Fsp3) is 0.231. The summed E-state index contributed by atoms with van der Waals surface area (Å²) >= 11 is 0. The number of amides is 3. The van der Waals surface area contributed by atoms with Crippen LogP contribution in [0.15, 0.2) is 24.3 Å². The van der Waals surface area contributed by atoms with Crippen molar-refractivity contribution in [3.63, 3.8) is 0 Å². The van der Waals surface area contributed by atoms with Crippen molar-refractivity contribution in [2.24, 2.45) is 5.73 Å². The van der Waals surface area contributed by atoms with Gasteiger partial charge in [0.15, 0.2) is 5.78 Å². The molecule has 0 fully saturated rings. The molecule has 1 aromatic carbocycles. The fourth-order valence-corrected chi connectivity index (χ4v) is 1.51. The molecule has 0 heterocycles. The predicted molar refractivity (Wildman–Crippen MR) is 73.8 cm³/mol. The predicted octanol–water partition coefficient (Wildman–Crippen LogP) is 0.339. The number of rotatable bonds is 6. The number of carboxylic acids is 1. The van der Waals surface area contributed by atoms with Gasteiger partial charge >= 0.3 is 12.0 Å². The number of ketones is 1. The van der Waals surface area contributed by atoms with E-state index in [2.05, 4.69) is 10.6 Å². The van der Waals surface area contributed by atoms with Crippen LogP contribution < -0.4 is 16.4 Å². The summed E-state index contributed by atoms with van der Waals surface area (Å²) in [5.41, 5.74) is 5.76. The third-order valence-electron chi connectivity index (χ3n) is 2.56. The number of anilines is 1. The highest BCUT2D eigenvalue weighted by Crippen LogP contribution is 2.10. The lowest BCUT2D eigenvalue weighted by molar-refractivity contribution is -0.140. The first-order valence-corrected chi connectivity index (χ1v) is 5.99. The number of carboxylic acid groups (broad SMARTS) is 1. The number of hydrogen-bond acceptors (Lipinski definition) is 4. The van der Waals surface area contributed by atoms with Gasteiger partial charge in [0.05, 0.1) is 6.42 Å². The van der Waals surface area contributed by atoms with Crippen molar-refractivity contribution in [1.29, 1.82) is 0 Å². The maximum atomic E-state index is 11.6. The molecular weight excluding hydrogens is 278 g/mol. The molecule has 0 aliphatic heterocycles. The Morgan fingerprint density at radius 1 is 1.19 bits per heavy atom. The van der Waals surface area contributed by atoms with E-state index >= 15 is 0 Å². The lowest BCUT2D eigenvalue weighted by atomic mass is 10.1. The number of hydrogen-bond donors (Lipinski definition) is 4. The third-order valence-corrected chi connectivity index (χ3v) is 2.56. The minimum Gasteiger partial charge on any atom is -0.480 e. The lowest BCUT2D eigenvalue weighted by Crippen LogP contribution is -2.45. The van der Waals surface area contributed by atoms with Crippen LogP contribution >= 0.6 is 0 Å². The summed E-state index contributed by atoms with van der Waals surface area (Å²) < 4.78 is 0. The van der Waals surface area contributed by atoms with E-state index in [0.29, 0.717) is 11.3 Å². The van der Waals surface area contributed by atoms with Gasteiger partial charge in [0, 0.05) is 11.3 Å². The molecule has 0 aromatic heterocycles. The lowest BCUT2D eigenvalue weighted by Gasteiger charge is -2.13. The zero-order valence-electron chi connectivity index (χ0n) is 11.3. The SMILES string of the molecule is CC(=O)c1ccc(NC(=O)N[C@H](CC(N)=O)C(=O)O)cc1. The van der Waals surface area contributed by atoms with Gasteiger partial charge in [-0.3, -0.25) is 9.59 Å². The van der Waals surface area contributed by atoms with Gasteiger partial charge in [-0.05, 0) is 31.2 Å². The monoisotopic (exact) mass is 293 g/mol. The molecule has 1 aromatic rings. The number of Topliss-reactive ketones (excluding diaryl/α,β-unsaturated/α-hetero) is 1. The number of carbonyl (C=O) groups is 4. The van der Waals surface area contributed by atoms with Crippen molar-refractivity contribution < 1.29 is 24.3 Å². The Kier molecular flexibility index (Phi) is 5.41. The van der Waals surface area contributed by atoms with Gasteiger partial charge in [0.25, 0.3) is 0 Å². The Hall–Kier alpha value is -2.90. The maximum absolute atomic E-state index is 11.6. The summed E-state index contributed by atoms with van der Waals surface area (Å²) in [4.78, 5) is 44.3. The molecule has 0 saturated heterocycles. The van der Waals surface area contributed by atoms with Crippen LogP contribution in [0, 0.1) is 0 Å². The Balaban J connectivity index is 2.65.